The molecule has 0 atom stereocenters. The number of nitrogens with zero attached hydrogens (tertiary/aromatic N) is 2. The third-order valence-corrected chi connectivity index (χ3v) is 6.05. The van der Waals surface area contributed by atoms with E-state index >= 15 is 0 Å². The first kappa shape index (κ1) is 18.1. The minimum atomic E-state index is -3.62. The minimum Gasteiger partial charge on any atom is -0.340 e. The van der Waals surface area contributed by atoms with E-state index in [0.29, 0.717) is 26.2 Å². The van der Waals surface area contributed by atoms with Crippen LogP contribution in [0, 0.1) is 11.7 Å². The van der Waals surface area contributed by atoms with Crippen molar-refractivity contribution >= 4 is 28.3 Å². The lowest BCUT2D eigenvalue weighted by Gasteiger charge is -2.37. The Kier molecular flexibility index (Phi) is 5.61. The summed E-state index contributed by atoms with van der Waals surface area (Å²) in [5.74, 6) is -0.346. The lowest BCUT2D eigenvalue weighted by Crippen LogP contribution is -2.57. The van der Waals surface area contributed by atoms with Crippen LogP contribution in [0.15, 0.2) is 29.2 Å². The second kappa shape index (κ2) is 7.12. The lowest BCUT2D eigenvalue weighted by atomic mass is 10.0. The van der Waals surface area contributed by atoms with Crippen molar-refractivity contribution in [3.8, 4) is 0 Å². The van der Waals surface area contributed by atoms with Crippen LogP contribution in [0.2, 0.25) is 0 Å². The monoisotopic (exact) mass is 363 g/mol. The van der Waals surface area contributed by atoms with Crippen LogP contribution in [-0.2, 0) is 14.8 Å². The number of halogens is 2. The molecule has 1 aromatic rings. The number of hydrogen-bond acceptors (Lipinski definition) is 4. The van der Waals surface area contributed by atoms with Crippen LogP contribution < -0.4 is 5.32 Å². The largest absolute Gasteiger partial charge is 0.340 e. The normalized spacial score (nSPS) is 19.8. The molecule has 2 fully saturated rings. The van der Waals surface area contributed by atoms with Crippen molar-refractivity contribution in [1.29, 1.82) is 0 Å². The lowest BCUT2D eigenvalue weighted by molar-refractivity contribution is -0.138. The molecule has 2 aliphatic rings. The number of nitrogens with one attached hydrogen (secondary N) is 1. The van der Waals surface area contributed by atoms with E-state index in [9.17, 15) is 17.6 Å². The number of amides is 1. The minimum absolute atomic E-state index is 0. The van der Waals surface area contributed by atoms with Crippen molar-refractivity contribution < 1.29 is 17.6 Å². The Balaban J connectivity index is 0.00000192. The van der Waals surface area contributed by atoms with Gasteiger partial charge in [-0.1, -0.05) is 0 Å². The first-order valence-corrected chi connectivity index (χ1v) is 8.68. The average Bonchev–Trinajstić information content (AvgIpc) is 2.46. The highest BCUT2D eigenvalue weighted by Gasteiger charge is 2.34. The Morgan fingerprint density at radius 3 is 2.13 bits per heavy atom. The highest BCUT2D eigenvalue weighted by atomic mass is 35.5. The van der Waals surface area contributed by atoms with Gasteiger partial charge >= 0.3 is 0 Å². The highest BCUT2D eigenvalue weighted by molar-refractivity contribution is 7.89. The fourth-order valence-corrected chi connectivity index (χ4v) is 4.05. The van der Waals surface area contributed by atoms with E-state index in [4.69, 9.17) is 0 Å². The molecule has 0 aromatic heterocycles. The van der Waals surface area contributed by atoms with Crippen molar-refractivity contribution in [3.05, 3.63) is 30.1 Å². The fraction of sp³-hybridized carbons (Fsp3) is 0.500. The van der Waals surface area contributed by atoms with E-state index in [1.54, 1.807) is 4.90 Å². The summed E-state index contributed by atoms with van der Waals surface area (Å²) in [7, 11) is -3.62. The summed E-state index contributed by atoms with van der Waals surface area (Å²) in [6, 6.07) is 4.80. The smallest absolute Gasteiger partial charge is 0.243 e. The third-order valence-electron chi connectivity index (χ3n) is 4.13. The van der Waals surface area contributed by atoms with Crippen LogP contribution in [-0.4, -0.2) is 62.8 Å². The molecule has 0 unspecified atom stereocenters. The number of sulfonamides is 1. The summed E-state index contributed by atoms with van der Waals surface area (Å²) < 4.78 is 39.2. The number of benzene rings is 1. The van der Waals surface area contributed by atoms with Crippen LogP contribution in [0.3, 0.4) is 0 Å². The SMILES string of the molecule is Cl.O=C(C1CNC1)N1CCN(S(=O)(=O)c2ccc(F)cc2)CC1. The second-order valence-corrected chi connectivity index (χ2v) is 7.48. The van der Waals surface area contributed by atoms with Crippen LogP contribution in [0.5, 0.6) is 0 Å². The molecular formula is C14H19ClFN3O3S. The van der Waals surface area contributed by atoms with Crippen molar-refractivity contribution in [2.75, 3.05) is 39.3 Å². The second-order valence-electron chi connectivity index (χ2n) is 5.54. The average molecular weight is 364 g/mol. The molecule has 0 spiro atoms. The van der Waals surface area contributed by atoms with Crippen LogP contribution in [0.4, 0.5) is 4.39 Å². The Labute approximate surface area is 141 Å². The number of hydrogen-bond donors (Lipinski definition) is 1. The molecule has 2 saturated heterocycles. The molecule has 0 radical (unpaired) electrons. The van der Waals surface area contributed by atoms with Gasteiger partial charge in [-0.05, 0) is 24.3 Å². The van der Waals surface area contributed by atoms with E-state index in [1.807, 2.05) is 0 Å². The van der Waals surface area contributed by atoms with E-state index < -0.39 is 15.8 Å². The molecule has 2 aliphatic heterocycles. The first-order chi connectivity index (χ1) is 10.5. The standard InChI is InChI=1S/C14H18FN3O3S.ClH/c15-12-1-3-13(4-2-12)22(20,21)18-7-5-17(6-8-18)14(19)11-9-16-10-11;/h1-4,11,16H,5-10H2;1H. The summed E-state index contributed by atoms with van der Waals surface area (Å²) in [6.45, 7) is 2.74. The molecular weight excluding hydrogens is 345 g/mol. The van der Waals surface area contributed by atoms with Gasteiger partial charge in [-0.15, -0.1) is 12.4 Å². The molecule has 6 nitrogen and oxygen atoms in total. The molecule has 0 saturated carbocycles. The summed E-state index contributed by atoms with van der Waals surface area (Å²) in [5, 5.41) is 3.06. The third kappa shape index (κ3) is 3.65. The summed E-state index contributed by atoms with van der Waals surface area (Å²) in [6.07, 6.45) is 0. The van der Waals surface area contributed by atoms with Gasteiger partial charge in [0.05, 0.1) is 10.8 Å². The number of carbonyl (C=O) groups is 1. The molecule has 1 aromatic carbocycles. The molecule has 3 rings (SSSR count). The number of carbonyl (C=O) groups excluding carboxylic acids is 1. The van der Waals surface area contributed by atoms with E-state index in [0.717, 1.165) is 12.1 Å². The van der Waals surface area contributed by atoms with Gasteiger partial charge in [0.25, 0.3) is 0 Å². The topological polar surface area (TPSA) is 69.7 Å². The number of rotatable bonds is 3. The van der Waals surface area contributed by atoms with E-state index in [2.05, 4.69) is 5.32 Å². The van der Waals surface area contributed by atoms with Gasteiger partial charge in [-0.2, -0.15) is 4.31 Å². The molecule has 1 amide bonds. The zero-order chi connectivity index (χ0) is 15.7. The maximum atomic E-state index is 12.9. The van der Waals surface area contributed by atoms with Gasteiger partial charge in [0.2, 0.25) is 15.9 Å². The molecule has 23 heavy (non-hydrogen) atoms. The Bertz CT molecular complexity index is 656. The Hall–Kier alpha value is -1.22. The van der Waals surface area contributed by atoms with Gasteiger partial charge in [-0.25, -0.2) is 12.8 Å². The van der Waals surface area contributed by atoms with Crippen molar-refractivity contribution in [2.45, 2.75) is 4.90 Å². The first-order valence-electron chi connectivity index (χ1n) is 7.24. The molecule has 2 heterocycles. The fourth-order valence-electron chi connectivity index (χ4n) is 2.63. The molecule has 0 aliphatic carbocycles. The summed E-state index contributed by atoms with van der Waals surface area (Å²) >= 11 is 0. The molecule has 0 bridgehead atoms. The van der Waals surface area contributed by atoms with E-state index in [1.165, 1.54) is 16.4 Å². The van der Waals surface area contributed by atoms with Crippen LogP contribution in [0.25, 0.3) is 0 Å². The van der Waals surface area contributed by atoms with Gasteiger partial charge < -0.3 is 10.2 Å². The van der Waals surface area contributed by atoms with Gasteiger partial charge in [0, 0.05) is 39.3 Å². The van der Waals surface area contributed by atoms with Crippen molar-refractivity contribution in [2.24, 2.45) is 5.92 Å². The molecule has 128 valence electrons. The van der Waals surface area contributed by atoms with Crippen molar-refractivity contribution in [3.63, 3.8) is 0 Å². The summed E-state index contributed by atoms with van der Waals surface area (Å²) in [5.41, 5.74) is 0. The highest BCUT2D eigenvalue weighted by Crippen LogP contribution is 2.19. The molecule has 9 heteroatoms. The zero-order valence-corrected chi connectivity index (χ0v) is 14.1. The molecule has 1 N–H and O–H groups in total. The predicted octanol–water partition coefficient (Wildman–Crippen LogP) is 0.300. The van der Waals surface area contributed by atoms with Crippen LogP contribution >= 0.6 is 12.4 Å². The maximum Gasteiger partial charge on any atom is 0.243 e. The predicted molar refractivity (Wildman–Crippen MR) is 85.3 cm³/mol. The van der Waals surface area contributed by atoms with Gasteiger partial charge in [0.1, 0.15) is 5.82 Å². The quantitative estimate of drug-likeness (QED) is 0.838. The Morgan fingerprint density at radius 2 is 1.65 bits per heavy atom. The number of piperazine rings is 1. The van der Waals surface area contributed by atoms with E-state index in [-0.39, 0.29) is 42.2 Å². The van der Waals surface area contributed by atoms with Gasteiger partial charge in [-0.3, -0.25) is 4.79 Å². The Morgan fingerprint density at radius 1 is 1.09 bits per heavy atom. The van der Waals surface area contributed by atoms with Crippen LogP contribution in [0.1, 0.15) is 0 Å². The maximum absolute atomic E-state index is 12.9. The van der Waals surface area contributed by atoms with Crippen molar-refractivity contribution in [1.82, 2.24) is 14.5 Å². The zero-order valence-electron chi connectivity index (χ0n) is 12.4. The van der Waals surface area contributed by atoms with Gasteiger partial charge in [0.15, 0.2) is 0 Å². The summed E-state index contributed by atoms with van der Waals surface area (Å²) in [4.78, 5) is 13.9.